The van der Waals surface area contributed by atoms with Gasteiger partial charge in [0.1, 0.15) is 0 Å². The molecule has 1 aromatic carbocycles. The van der Waals surface area contributed by atoms with E-state index in [2.05, 4.69) is 10.5 Å². The topological polar surface area (TPSA) is 75.4 Å². The molecule has 0 spiro atoms. The number of benzene rings is 1. The van der Waals surface area contributed by atoms with Crippen LogP contribution >= 0.6 is 0 Å². The molecule has 166 valence electrons. The third-order valence-corrected chi connectivity index (χ3v) is 6.69. The van der Waals surface area contributed by atoms with Gasteiger partial charge in [-0.1, -0.05) is 67.1 Å². The molecule has 2 aliphatic carbocycles. The second kappa shape index (κ2) is 10.1. The Morgan fingerprint density at radius 3 is 2.42 bits per heavy atom. The molecular formula is C25H33N3O3. The van der Waals surface area contributed by atoms with Gasteiger partial charge in [0, 0.05) is 24.6 Å². The summed E-state index contributed by atoms with van der Waals surface area (Å²) in [7, 11) is 0. The molecule has 0 bridgehead atoms. The summed E-state index contributed by atoms with van der Waals surface area (Å²) in [5, 5.41) is 6.86. The number of nitrogens with one attached hydrogen (secondary N) is 1. The number of hydrogen-bond acceptors (Lipinski definition) is 4. The highest BCUT2D eigenvalue weighted by Gasteiger charge is 2.33. The van der Waals surface area contributed by atoms with Crippen molar-refractivity contribution in [1.82, 2.24) is 15.4 Å². The zero-order valence-corrected chi connectivity index (χ0v) is 18.4. The van der Waals surface area contributed by atoms with Crippen LogP contribution < -0.4 is 5.32 Å². The second-order valence-corrected chi connectivity index (χ2v) is 9.09. The van der Waals surface area contributed by atoms with Gasteiger partial charge in [-0.3, -0.25) is 9.59 Å². The van der Waals surface area contributed by atoms with E-state index >= 15 is 0 Å². The molecule has 0 radical (unpaired) electrons. The minimum absolute atomic E-state index is 0.134. The summed E-state index contributed by atoms with van der Waals surface area (Å²) in [6.45, 7) is 2.88. The zero-order valence-electron chi connectivity index (χ0n) is 18.4. The van der Waals surface area contributed by atoms with Crippen LogP contribution in [-0.2, 0) is 17.9 Å². The van der Waals surface area contributed by atoms with Crippen molar-refractivity contribution in [2.75, 3.05) is 0 Å². The van der Waals surface area contributed by atoms with Crippen LogP contribution in [0.2, 0.25) is 0 Å². The van der Waals surface area contributed by atoms with E-state index in [1.165, 1.54) is 24.8 Å². The van der Waals surface area contributed by atoms with Crippen LogP contribution in [0.3, 0.4) is 0 Å². The van der Waals surface area contributed by atoms with E-state index in [9.17, 15) is 9.59 Å². The molecule has 2 fully saturated rings. The van der Waals surface area contributed by atoms with E-state index < -0.39 is 0 Å². The van der Waals surface area contributed by atoms with Crippen LogP contribution in [0, 0.1) is 12.8 Å². The van der Waals surface area contributed by atoms with E-state index in [0.29, 0.717) is 18.8 Å². The first-order chi connectivity index (χ1) is 15.1. The Balaban J connectivity index is 1.39. The minimum Gasteiger partial charge on any atom is -0.359 e. The van der Waals surface area contributed by atoms with Crippen molar-refractivity contribution in [3.63, 3.8) is 0 Å². The average Bonchev–Trinajstić information content (AvgIpc) is 3.49. The Kier molecular flexibility index (Phi) is 7.05. The van der Waals surface area contributed by atoms with E-state index in [0.717, 1.165) is 44.1 Å². The summed E-state index contributed by atoms with van der Waals surface area (Å²) in [5.41, 5.74) is 2.48. The first kappa shape index (κ1) is 21.6. The van der Waals surface area contributed by atoms with E-state index in [-0.39, 0.29) is 29.5 Å². The Hall–Kier alpha value is -2.63. The monoisotopic (exact) mass is 423 g/mol. The standard InChI is InChI=1S/C25H33N3O3/c1-18-11-13-19(14-12-18)16-26-24(29)23-15-22(31-27-23)17-28(21-9-5-6-10-21)25(30)20-7-3-2-4-8-20/h11-15,20-21H,2-10,16-17H2,1H3,(H,26,29). The van der Waals surface area contributed by atoms with Crippen LogP contribution in [0.25, 0.3) is 0 Å². The predicted octanol–water partition coefficient (Wildman–Crippen LogP) is 4.76. The quantitative estimate of drug-likeness (QED) is 0.696. The van der Waals surface area contributed by atoms with Gasteiger partial charge >= 0.3 is 0 Å². The fourth-order valence-electron chi connectivity index (χ4n) is 4.83. The molecule has 2 aromatic rings. The largest absolute Gasteiger partial charge is 0.359 e. The van der Waals surface area contributed by atoms with Gasteiger partial charge in [0.15, 0.2) is 11.5 Å². The number of nitrogens with zero attached hydrogens (tertiary/aromatic N) is 2. The normalized spacial score (nSPS) is 17.6. The lowest BCUT2D eigenvalue weighted by atomic mass is 9.88. The highest BCUT2D eigenvalue weighted by Crippen LogP contribution is 2.31. The Labute approximate surface area is 184 Å². The highest BCUT2D eigenvalue weighted by molar-refractivity contribution is 5.92. The summed E-state index contributed by atoms with van der Waals surface area (Å²) in [6.07, 6.45) is 9.94. The van der Waals surface area contributed by atoms with E-state index in [1.54, 1.807) is 6.07 Å². The number of amides is 2. The molecule has 1 aromatic heterocycles. The maximum Gasteiger partial charge on any atom is 0.273 e. The highest BCUT2D eigenvalue weighted by atomic mass is 16.5. The minimum atomic E-state index is -0.262. The van der Waals surface area contributed by atoms with E-state index in [4.69, 9.17) is 4.52 Å². The fourth-order valence-corrected chi connectivity index (χ4v) is 4.83. The molecular weight excluding hydrogens is 390 g/mol. The number of rotatable bonds is 7. The van der Waals surface area contributed by atoms with Crippen LogP contribution in [-0.4, -0.2) is 27.9 Å². The van der Waals surface area contributed by atoms with Crippen LogP contribution in [0.4, 0.5) is 0 Å². The molecule has 2 amide bonds. The van der Waals surface area contributed by atoms with Crippen LogP contribution in [0.1, 0.15) is 85.2 Å². The van der Waals surface area contributed by atoms with Gasteiger partial charge in [-0.05, 0) is 38.2 Å². The third kappa shape index (κ3) is 5.54. The average molecular weight is 424 g/mol. The molecule has 1 N–H and O–H groups in total. The summed E-state index contributed by atoms with van der Waals surface area (Å²) < 4.78 is 5.48. The Bertz CT molecular complexity index is 878. The summed E-state index contributed by atoms with van der Waals surface area (Å²) in [6, 6.07) is 10.0. The number of carbonyl (C=O) groups excluding carboxylic acids is 2. The number of hydrogen-bond donors (Lipinski definition) is 1. The van der Waals surface area contributed by atoms with Crippen molar-refractivity contribution >= 4 is 11.8 Å². The fraction of sp³-hybridized carbons (Fsp3) is 0.560. The number of aryl methyl sites for hydroxylation is 1. The Morgan fingerprint density at radius 1 is 1.03 bits per heavy atom. The molecule has 1 heterocycles. The first-order valence-corrected chi connectivity index (χ1v) is 11.7. The van der Waals surface area contributed by atoms with E-state index in [1.807, 2.05) is 36.1 Å². The molecule has 0 unspecified atom stereocenters. The lowest BCUT2D eigenvalue weighted by Crippen LogP contribution is -2.42. The van der Waals surface area contributed by atoms with Gasteiger partial charge in [0.05, 0.1) is 6.54 Å². The molecule has 0 saturated heterocycles. The van der Waals surface area contributed by atoms with Gasteiger partial charge in [-0.25, -0.2) is 0 Å². The molecule has 6 nitrogen and oxygen atoms in total. The third-order valence-electron chi connectivity index (χ3n) is 6.69. The number of carbonyl (C=O) groups is 2. The van der Waals surface area contributed by atoms with Crippen molar-refractivity contribution < 1.29 is 14.1 Å². The van der Waals surface area contributed by atoms with Gasteiger partial charge in [-0.2, -0.15) is 0 Å². The Morgan fingerprint density at radius 2 is 1.71 bits per heavy atom. The molecule has 2 aliphatic rings. The molecule has 31 heavy (non-hydrogen) atoms. The molecule has 0 atom stereocenters. The second-order valence-electron chi connectivity index (χ2n) is 9.09. The molecule has 4 rings (SSSR count). The van der Waals surface area contributed by atoms with Crippen molar-refractivity contribution in [2.24, 2.45) is 5.92 Å². The SMILES string of the molecule is Cc1ccc(CNC(=O)c2cc(CN(C(=O)C3CCCCC3)C3CCCC3)on2)cc1. The van der Waals surface area contributed by atoms with Crippen LogP contribution in [0.15, 0.2) is 34.9 Å². The van der Waals surface area contributed by atoms with Crippen LogP contribution in [0.5, 0.6) is 0 Å². The summed E-state index contributed by atoms with van der Waals surface area (Å²) in [4.78, 5) is 27.8. The zero-order chi connectivity index (χ0) is 21.6. The number of aromatic nitrogens is 1. The van der Waals surface area contributed by atoms with Gasteiger partial charge < -0.3 is 14.7 Å². The summed E-state index contributed by atoms with van der Waals surface area (Å²) >= 11 is 0. The maximum atomic E-state index is 13.3. The van der Waals surface area contributed by atoms with Crippen molar-refractivity contribution in [3.8, 4) is 0 Å². The summed E-state index contributed by atoms with van der Waals surface area (Å²) in [5.74, 6) is 0.709. The van der Waals surface area contributed by atoms with Crippen molar-refractivity contribution in [2.45, 2.75) is 83.8 Å². The van der Waals surface area contributed by atoms with Gasteiger partial charge in [-0.15, -0.1) is 0 Å². The molecule has 2 saturated carbocycles. The van der Waals surface area contributed by atoms with Gasteiger partial charge in [0.25, 0.3) is 5.91 Å². The van der Waals surface area contributed by atoms with Crippen molar-refractivity contribution in [1.29, 1.82) is 0 Å². The molecule has 6 heteroatoms. The molecule has 0 aliphatic heterocycles. The van der Waals surface area contributed by atoms with Gasteiger partial charge in [0.2, 0.25) is 5.91 Å². The predicted molar refractivity (Wildman–Crippen MR) is 118 cm³/mol. The lowest BCUT2D eigenvalue weighted by molar-refractivity contribution is -0.140. The lowest BCUT2D eigenvalue weighted by Gasteiger charge is -2.33. The van der Waals surface area contributed by atoms with Crippen molar-refractivity contribution in [3.05, 3.63) is 52.9 Å². The maximum absolute atomic E-state index is 13.3. The smallest absolute Gasteiger partial charge is 0.273 e. The first-order valence-electron chi connectivity index (χ1n) is 11.7.